The zero-order chi connectivity index (χ0) is 13.1. The van der Waals surface area contributed by atoms with Crippen LogP contribution < -0.4 is 0 Å². The molecule has 0 spiro atoms. The molecule has 1 aromatic heterocycles. The minimum atomic E-state index is -4.11. The molecule has 1 aromatic rings. The van der Waals surface area contributed by atoms with Crippen molar-refractivity contribution >= 4 is 10.0 Å². The van der Waals surface area contributed by atoms with E-state index in [1.807, 2.05) is 0 Å². The first-order valence-corrected chi connectivity index (χ1v) is 5.93. The van der Waals surface area contributed by atoms with Crippen LogP contribution in [0.3, 0.4) is 0 Å². The van der Waals surface area contributed by atoms with Gasteiger partial charge in [0, 0.05) is 13.2 Å². The molecule has 0 radical (unpaired) electrons. The van der Waals surface area contributed by atoms with E-state index in [1.165, 1.54) is 12.3 Å². The van der Waals surface area contributed by atoms with Gasteiger partial charge in [-0.1, -0.05) is 0 Å². The molecule has 0 aliphatic heterocycles. The van der Waals surface area contributed by atoms with Gasteiger partial charge in [0.2, 0.25) is 10.0 Å². The van der Waals surface area contributed by atoms with Crippen molar-refractivity contribution in [1.82, 2.24) is 9.29 Å². The Balaban J connectivity index is 3.18. The maximum Gasteiger partial charge on any atom is 0.252 e. The molecule has 0 atom stereocenters. The summed E-state index contributed by atoms with van der Waals surface area (Å²) in [4.78, 5) is 3.20. The van der Waals surface area contributed by atoms with Gasteiger partial charge in [-0.3, -0.25) is 0 Å². The largest absolute Gasteiger partial charge is 0.252 e. The molecule has 1 rings (SSSR count). The quantitative estimate of drug-likeness (QED) is 0.805. The van der Waals surface area contributed by atoms with Gasteiger partial charge in [-0.2, -0.15) is 9.57 Å². The maximum atomic E-state index is 12.1. The second-order valence-corrected chi connectivity index (χ2v) is 5.15. The highest BCUT2D eigenvalue weighted by Gasteiger charge is 2.26. The molecule has 0 fully saturated rings. The van der Waals surface area contributed by atoms with Crippen molar-refractivity contribution in [3.05, 3.63) is 24.0 Å². The first-order chi connectivity index (χ1) is 7.89. The summed E-state index contributed by atoms with van der Waals surface area (Å²) in [5, 5.41) is 8.70. The van der Waals surface area contributed by atoms with E-state index in [2.05, 4.69) is 4.98 Å². The normalized spacial score (nSPS) is 11.8. The lowest BCUT2D eigenvalue weighted by Gasteiger charge is -2.16. The molecule has 0 aliphatic rings. The Bertz CT molecular complexity index is 539. The lowest BCUT2D eigenvalue weighted by Crippen LogP contribution is -2.32. The molecule has 0 aliphatic carbocycles. The van der Waals surface area contributed by atoms with Crippen LogP contribution in [0.2, 0.25) is 0 Å². The Kier molecular flexibility index (Phi) is 4.09. The summed E-state index contributed by atoms with van der Waals surface area (Å²) in [7, 11) is -3.09. The van der Waals surface area contributed by atoms with Crippen LogP contribution in [0.25, 0.3) is 0 Å². The average Bonchev–Trinajstić information content (AvgIpc) is 2.28. The monoisotopic (exact) mass is 261 g/mol. The van der Waals surface area contributed by atoms with E-state index < -0.39 is 23.0 Å². The van der Waals surface area contributed by atoms with Crippen molar-refractivity contribution in [1.29, 1.82) is 5.26 Å². The molecule has 0 saturated carbocycles. The minimum absolute atomic E-state index is 0.311. The predicted octanol–water partition coefficient (Wildman–Crippen LogP) is 0.839. The fourth-order valence-electron chi connectivity index (χ4n) is 1.14. The fourth-order valence-corrected chi connectivity index (χ4v) is 2.38. The van der Waals surface area contributed by atoms with E-state index in [9.17, 15) is 17.2 Å². The molecule has 0 unspecified atom stereocenters. The highest BCUT2D eigenvalue weighted by atomic mass is 32.2. The molecule has 17 heavy (non-hydrogen) atoms. The second kappa shape index (κ2) is 5.16. The predicted molar refractivity (Wildman–Crippen MR) is 54.8 cm³/mol. The van der Waals surface area contributed by atoms with Crippen LogP contribution >= 0.6 is 0 Å². The number of halogens is 2. The SMILES string of the molecule is CN(CC(F)F)S(=O)(=O)c1cccnc1C#N. The maximum absolute atomic E-state index is 12.1. The summed E-state index contributed by atoms with van der Waals surface area (Å²) < 4.78 is 48.4. The third-order valence-corrected chi connectivity index (χ3v) is 3.81. The van der Waals surface area contributed by atoms with Gasteiger partial charge < -0.3 is 0 Å². The number of hydrogen-bond donors (Lipinski definition) is 0. The number of hydrogen-bond acceptors (Lipinski definition) is 4. The fraction of sp³-hybridized carbons (Fsp3) is 0.333. The zero-order valence-electron chi connectivity index (χ0n) is 8.84. The van der Waals surface area contributed by atoms with Gasteiger partial charge in [0.05, 0.1) is 6.54 Å². The van der Waals surface area contributed by atoms with Crippen LogP contribution in [0.5, 0.6) is 0 Å². The van der Waals surface area contributed by atoms with Gasteiger partial charge in [-0.25, -0.2) is 22.2 Å². The smallest absolute Gasteiger partial charge is 0.244 e. The Morgan fingerprint density at radius 3 is 2.76 bits per heavy atom. The number of pyridine rings is 1. The molecular formula is C9H9F2N3O2S. The van der Waals surface area contributed by atoms with Gasteiger partial charge in [0.1, 0.15) is 11.0 Å². The van der Waals surface area contributed by atoms with Gasteiger partial charge >= 0.3 is 0 Å². The summed E-state index contributed by atoms with van der Waals surface area (Å²) >= 11 is 0. The number of nitrogens with zero attached hydrogens (tertiary/aromatic N) is 3. The highest BCUT2D eigenvalue weighted by molar-refractivity contribution is 7.89. The number of rotatable bonds is 4. The zero-order valence-corrected chi connectivity index (χ0v) is 9.66. The van der Waals surface area contributed by atoms with Crippen LogP contribution in [0, 0.1) is 11.3 Å². The third kappa shape index (κ3) is 2.95. The van der Waals surface area contributed by atoms with Crippen LogP contribution in [0.1, 0.15) is 5.69 Å². The summed E-state index contributed by atoms with van der Waals surface area (Å²) in [5.74, 6) is 0. The number of nitriles is 1. The molecule has 0 bridgehead atoms. The van der Waals surface area contributed by atoms with Crippen molar-refractivity contribution in [2.45, 2.75) is 11.3 Å². The number of sulfonamides is 1. The first-order valence-electron chi connectivity index (χ1n) is 4.49. The van der Waals surface area contributed by atoms with Gasteiger partial charge in [-0.05, 0) is 12.1 Å². The molecule has 1 heterocycles. The van der Waals surface area contributed by atoms with E-state index in [0.29, 0.717) is 4.31 Å². The molecule has 0 aromatic carbocycles. The summed E-state index contributed by atoms with van der Waals surface area (Å²) in [6.07, 6.45) is -1.53. The Morgan fingerprint density at radius 2 is 2.24 bits per heavy atom. The summed E-state index contributed by atoms with van der Waals surface area (Å²) in [6.45, 7) is -0.928. The van der Waals surface area contributed by atoms with Crippen molar-refractivity contribution in [3.8, 4) is 6.07 Å². The average molecular weight is 261 g/mol. The highest BCUT2D eigenvalue weighted by Crippen LogP contribution is 2.17. The lowest BCUT2D eigenvalue weighted by molar-refractivity contribution is 0.126. The first kappa shape index (κ1) is 13.5. The van der Waals surface area contributed by atoms with E-state index >= 15 is 0 Å². The van der Waals surface area contributed by atoms with E-state index in [-0.39, 0.29) is 10.6 Å². The van der Waals surface area contributed by atoms with Crippen molar-refractivity contribution in [2.24, 2.45) is 0 Å². The van der Waals surface area contributed by atoms with Gasteiger partial charge in [0.15, 0.2) is 5.69 Å². The minimum Gasteiger partial charge on any atom is -0.244 e. The number of aromatic nitrogens is 1. The number of alkyl halides is 2. The van der Waals surface area contributed by atoms with Crippen LogP contribution in [-0.2, 0) is 10.0 Å². The van der Waals surface area contributed by atoms with Crippen molar-refractivity contribution < 1.29 is 17.2 Å². The van der Waals surface area contributed by atoms with Gasteiger partial charge in [-0.15, -0.1) is 0 Å². The molecule has 0 amide bonds. The topological polar surface area (TPSA) is 74.1 Å². The van der Waals surface area contributed by atoms with Crippen LogP contribution in [-0.4, -0.2) is 37.7 Å². The molecular weight excluding hydrogens is 252 g/mol. The van der Waals surface area contributed by atoms with Crippen molar-refractivity contribution in [2.75, 3.05) is 13.6 Å². The van der Waals surface area contributed by atoms with E-state index in [1.54, 1.807) is 6.07 Å². The molecule has 8 heteroatoms. The Labute approximate surface area is 97.4 Å². The molecule has 5 nitrogen and oxygen atoms in total. The Hall–Kier alpha value is -1.59. The molecule has 92 valence electrons. The van der Waals surface area contributed by atoms with E-state index in [0.717, 1.165) is 13.1 Å². The van der Waals surface area contributed by atoms with Crippen LogP contribution in [0.4, 0.5) is 8.78 Å². The lowest BCUT2D eigenvalue weighted by atomic mass is 10.4. The van der Waals surface area contributed by atoms with E-state index in [4.69, 9.17) is 5.26 Å². The molecule has 0 N–H and O–H groups in total. The Morgan fingerprint density at radius 1 is 1.59 bits per heavy atom. The summed E-state index contributed by atoms with van der Waals surface area (Å²) in [5.41, 5.74) is -0.311. The summed E-state index contributed by atoms with van der Waals surface area (Å²) in [6, 6.07) is 4.08. The standard InChI is InChI=1S/C9H9F2N3O2S/c1-14(6-9(10)11)17(15,16)8-3-2-4-13-7(8)5-12/h2-4,9H,6H2,1H3. The van der Waals surface area contributed by atoms with Gasteiger partial charge in [0.25, 0.3) is 6.43 Å². The van der Waals surface area contributed by atoms with Crippen molar-refractivity contribution in [3.63, 3.8) is 0 Å². The molecule has 0 saturated heterocycles. The third-order valence-electron chi connectivity index (χ3n) is 1.96. The van der Waals surface area contributed by atoms with Crippen LogP contribution in [0.15, 0.2) is 23.2 Å². The second-order valence-electron chi connectivity index (χ2n) is 3.14.